The van der Waals surface area contributed by atoms with Crippen LogP contribution in [0.25, 0.3) is 0 Å². The second-order valence-corrected chi connectivity index (χ2v) is 3.00. The Kier molecular flexibility index (Phi) is 2.95. The van der Waals surface area contributed by atoms with Crippen molar-refractivity contribution in [2.45, 2.75) is 6.42 Å². The Morgan fingerprint density at radius 2 is 2.19 bits per heavy atom. The summed E-state index contributed by atoms with van der Waals surface area (Å²) in [6, 6.07) is 1.73. The molecule has 1 N–H and O–H groups in total. The molecule has 0 saturated carbocycles. The first-order chi connectivity index (χ1) is 7.85. The predicted molar refractivity (Wildman–Crippen MR) is 54.3 cm³/mol. The second kappa shape index (κ2) is 4.56. The van der Waals surface area contributed by atoms with Gasteiger partial charge >= 0.3 is 0 Å². The molecule has 7 nitrogen and oxygen atoms in total. The van der Waals surface area contributed by atoms with Crippen LogP contribution in [0.5, 0.6) is 11.5 Å². The van der Waals surface area contributed by atoms with Crippen molar-refractivity contribution in [1.82, 2.24) is 25.6 Å². The number of pyridine rings is 1. The molecule has 0 aliphatic rings. The number of aromatic amines is 1. The van der Waals surface area contributed by atoms with Gasteiger partial charge in [0.05, 0.1) is 26.3 Å². The van der Waals surface area contributed by atoms with Gasteiger partial charge in [0.15, 0.2) is 17.3 Å². The fourth-order valence-electron chi connectivity index (χ4n) is 1.38. The standard InChI is InChI=1S/C9H11N5O2/c1-15-7-3-4-10-6(9(7)16-2)5-8-11-13-14-12-8/h3-4H,5H2,1-2H3,(H,11,12,13,14). The molecule has 0 amide bonds. The lowest BCUT2D eigenvalue weighted by Gasteiger charge is -2.09. The van der Waals surface area contributed by atoms with E-state index in [1.807, 2.05) is 0 Å². The number of H-pyrrole nitrogens is 1. The summed E-state index contributed by atoms with van der Waals surface area (Å²) in [6.45, 7) is 0. The monoisotopic (exact) mass is 221 g/mol. The van der Waals surface area contributed by atoms with Gasteiger partial charge < -0.3 is 9.47 Å². The summed E-state index contributed by atoms with van der Waals surface area (Å²) in [5.74, 6) is 1.78. The van der Waals surface area contributed by atoms with Crippen molar-refractivity contribution in [3.05, 3.63) is 23.8 Å². The number of tetrazole rings is 1. The first-order valence-electron chi connectivity index (χ1n) is 4.63. The molecule has 0 saturated heterocycles. The minimum atomic E-state index is 0.441. The van der Waals surface area contributed by atoms with Crippen LogP contribution in [-0.2, 0) is 6.42 Å². The van der Waals surface area contributed by atoms with Crippen LogP contribution in [0.15, 0.2) is 12.3 Å². The Morgan fingerprint density at radius 3 is 2.81 bits per heavy atom. The van der Waals surface area contributed by atoms with Crippen LogP contribution in [0.4, 0.5) is 0 Å². The van der Waals surface area contributed by atoms with Gasteiger partial charge in [-0.1, -0.05) is 5.21 Å². The van der Waals surface area contributed by atoms with Crippen LogP contribution in [0.1, 0.15) is 11.5 Å². The number of methoxy groups -OCH3 is 2. The van der Waals surface area contributed by atoms with Crippen molar-refractivity contribution in [2.24, 2.45) is 0 Å². The summed E-state index contributed by atoms with van der Waals surface area (Å²) in [5.41, 5.74) is 0.711. The zero-order chi connectivity index (χ0) is 11.4. The van der Waals surface area contributed by atoms with Crippen molar-refractivity contribution in [3.63, 3.8) is 0 Å². The van der Waals surface area contributed by atoms with Gasteiger partial charge in [-0.05, 0) is 0 Å². The molecule has 2 heterocycles. The van der Waals surface area contributed by atoms with Crippen molar-refractivity contribution >= 4 is 0 Å². The lowest BCUT2D eigenvalue weighted by Crippen LogP contribution is -2.00. The lowest BCUT2D eigenvalue weighted by molar-refractivity contribution is 0.350. The maximum absolute atomic E-state index is 5.24. The van der Waals surface area contributed by atoms with E-state index in [4.69, 9.17) is 9.47 Å². The SMILES string of the molecule is COc1ccnc(Cc2nn[nH]n2)c1OC. The van der Waals surface area contributed by atoms with Gasteiger partial charge in [0.25, 0.3) is 0 Å². The van der Waals surface area contributed by atoms with Crippen LogP contribution in [0.2, 0.25) is 0 Å². The van der Waals surface area contributed by atoms with Crippen molar-refractivity contribution in [3.8, 4) is 11.5 Å². The topological polar surface area (TPSA) is 85.8 Å². The number of ether oxygens (including phenoxy) is 2. The summed E-state index contributed by atoms with van der Waals surface area (Å²) in [6.07, 6.45) is 2.09. The average Bonchev–Trinajstić information content (AvgIpc) is 2.81. The molecular weight excluding hydrogens is 210 g/mol. The van der Waals surface area contributed by atoms with Crippen molar-refractivity contribution in [1.29, 1.82) is 0 Å². The number of nitrogens with zero attached hydrogens (tertiary/aromatic N) is 4. The Morgan fingerprint density at radius 1 is 1.31 bits per heavy atom. The molecule has 0 aromatic carbocycles. The highest BCUT2D eigenvalue weighted by molar-refractivity contribution is 5.43. The molecule has 16 heavy (non-hydrogen) atoms. The molecule has 2 aromatic rings. The summed E-state index contributed by atoms with van der Waals surface area (Å²) in [7, 11) is 3.15. The quantitative estimate of drug-likeness (QED) is 0.793. The van der Waals surface area contributed by atoms with E-state index in [2.05, 4.69) is 25.6 Å². The van der Waals surface area contributed by atoms with Gasteiger partial charge in [0.1, 0.15) is 0 Å². The normalized spacial score (nSPS) is 10.1. The van der Waals surface area contributed by atoms with E-state index in [-0.39, 0.29) is 0 Å². The minimum Gasteiger partial charge on any atom is -0.493 e. The summed E-state index contributed by atoms with van der Waals surface area (Å²) in [5, 5.41) is 13.6. The first kappa shape index (κ1) is 10.3. The van der Waals surface area contributed by atoms with E-state index >= 15 is 0 Å². The molecule has 84 valence electrons. The van der Waals surface area contributed by atoms with Gasteiger partial charge in [-0.2, -0.15) is 5.21 Å². The molecular formula is C9H11N5O2. The van der Waals surface area contributed by atoms with Crippen molar-refractivity contribution < 1.29 is 9.47 Å². The van der Waals surface area contributed by atoms with E-state index < -0.39 is 0 Å². The lowest BCUT2D eigenvalue weighted by atomic mass is 10.2. The minimum absolute atomic E-state index is 0.441. The van der Waals surface area contributed by atoms with Crippen molar-refractivity contribution in [2.75, 3.05) is 14.2 Å². The molecule has 0 aliphatic heterocycles. The Hall–Kier alpha value is -2.18. The maximum atomic E-state index is 5.24. The van der Waals surface area contributed by atoms with E-state index in [1.165, 1.54) is 0 Å². The smallest absolute Gasteiger partial charge is 0.182 e. The average molecular weight is 221 g/mol. The third-order valence-corrected chi connectivity index (χ3v) is 2.08. The summed E-state index contributed by atoms with van der Waals surface area (Å²) < 4.78 is 10.4. The summed E-state index contributed by atoms with van der Waals surface area (Å²) >= 11 is 0. The molecule has 0 fully saturated rings. The van der Waals surface area contributed by atoms with E-state index in [1.54, 1.807) is 26.5 Å². The molecule has 7 heteroatoms. The van der Waals surface area contributed by atoms with Crippen LogP contribution in [-0.4, -0.2) is 39.8 Å². The van der Waals surface area contributed by atoms with E-state index in [9.17, 15) is 0 Å². The molecule has 0 unspecified atom stereocenters. The first-order valence-corrected chi connectivity index (χ1v) is 4.63. The largest absolute Gasteiger partial charge is 0.493 e. The number of rotatable bonds is 4. The van der Waals surface area contributed by atoms with Gasteiger partial charge in [-0.3, -0.25) is 4.98 Å². The molecule has 0 aliphatic carbocycles. The maximum Gasteiger partial charge on any atom is 0.182 e. The van der Waals surface area contributed by atoms with Crippen LogP contribution >= 0.6 is 0 Å². The highest BCUT2D eigenvalue weighted by Crippen LogP contribution is 2.29. The predicted octanol–water partition coefficient (Wildman–Crippen LogP) is 0.203. The molecule has 0 spiro atoms. The highest BCUT2D eigenvalue weighted by atomic mass is 16.5. The Balaban J connectivity index is 2.33. The number of aromatic nitrogens is 5. The zero-order valence-corrected chi connectivity index (χ0v) is 8.97. The van der Waals surface area contributed by atoms with Gasteiger partial charge in [-0.15, -0.1) is 10.2 Å². The Bertz CT molecular complexity index is 457. The molecule has 0 radical (unpaired) electrons. The fourth-order valence-corrected chi connectivity index (χ4v) is 1.38. The van der Waals surface area contributed by atoms with E-state index in [0.29, 0.717) is 29.4 Å². The third-order valence-electron chi connectivity index (χ3n) is 2.08. The molecule has 0 atom stereocenters. The fraction of sp³-hybridized carbons (Fsp3) is 0.333. The van der Waals surface area contributed by atoms with Gasteiger partial charge in [0.2, 0.25) is 0 Å². The van der Waals surface area contributed by atoms with Crippen LogP contribution < -0.4 is 9.47 Å². The van der Waals surface area contributed by atoms with Crippen LogP contribution in [0, 0.1) is 0 Å². The van der Waals surface area contributed by atoms with Gasteiger partial charge in [0, 0.05) is 12.3 Å². The highest BCUT2D eigenvalue weighted by Gasteiger charge is 2.13. The Labute approximate surface area is 91.8 Å². The number of hydrogen-bond donors (Lipinski definition) is 1. The second-order valence-electron chi connectivity index (χ2n) is 3.00. The zero-order valence-electron chi connectivity index (χ0n) is 8.97. The van der Waals surface area contributed by atoms with E-state index in [0.717, 1.165) is 0 Å². The van der Waals surface area contributed by atoms with Gasteiger partial charge in [-0.25, -0.2) is 0 Å². The molecule has 2 aromatic heterocycles. The number of hydrogen-bond acceptors (Lipinski definition) is 6. The number of nitrogens with one attached hydrogen (secondary N) is 1. The molecule has 0 bridgehead atoms. The van der Waals surface area contributed by atoms with Crippen LogP contribution in [0.3, 0.4) is 0 Å². The third kappa shape index (κ3) is 1.92. The molecule has 2 rings (SSSR count). The summed E-state index contributed by atoms with van der Waals surface area (Å²) in [4.78, 5) is 4.21.